The number of ether oxygens (including phenoxy) is 2. The van der Waals surface area contributed by atoms with Crippen molar-refractivity contribution in [1.29, 1.82) is 0 Å². The molecule has 0 rings (SSSR count). The van der Waals surface area contributed by atoms with Crippen molar-refractivity contribution in [2.24, 2.45) is 0 Å². The lowest BCUT2D eigenvalue weighted by molar-refractivity contribution is -0.870. The first-order chi connectivity index (χ1) is 44.0. The third-order valence-corrected chi connectivity index (χ3v) is 16.0. The summed E-state index contributed by atoms with van der Waals surface area (Å²) in [5, 5.41) is 0. The van der Waals surface area contributed by atoms with Gasteiger partial charge in [-0.25, -0.2) is 0 Å². The second-order valence-electron chi connectivity index (χ2n) is 24.8. The van der Waals surface area contributed by atoms with Crippen LogP contribution in [-0.4, -0.2) is 70.0 Å². The molecule has 2 unspecified atom stereocenters. The van der Waals surface area contributed by atoms with Gasteiger partial charge >= 0.3 is 11.9 Å². The fourth-order valence-corrected chi connectivity index (χ4v) is 10.3. The molecule has 0 aliphatic carbocycles. The van der Waals surface area contributed by atoms with E-state index in [1.807, 2.05) is 21.1 Å². The molecule has 0 heterocycles. The summed E-state index contributed by atoms with van der Waals surface area (Å²) in [4.78, 5) is 38.1. The van der Waals surface area contributed by atoms with E-state index in [1.54, 1.807) is 0 Å². The fraction of sp³-hybridized carbons (Fsp3) is 0.650. The number of phosphoric ester groups is 1. The lowest BCUT2D eigenvalue weighted by Gasteiger charge is -2.28. The second kappa shape index (κ2) is 69.0. The lowest BCUT2D eigenvalue weighted by Crippen LogP contribution is -2.37. The van der Waals surface area contributed by atoms with Gasteiger partial charge in [-0.2, -0.15) is 0 Å². The van der Waals surface area contributed by atoms with Gasteiger partial charge in [0.25, 0.3) is 7.82 Å². The van der Waals surface area contributed by atoms with Crippen molar-refractivity contribution < 1.29 is 42.1 Å². The fourth-order valence-electron chi connectivity index (χ4n) is 9.58. The molecule has 0 aromatic rings. The first-order valence-corrected chi connectivity index (χ1v) is 37.7. The maximum atomic E-state index is 12.9. The van der Waals surface area contributed by atoms with Crippen LogP contribution >= 0.6 is 7.82 Å². The number of allylic oxidation sites excluding steroid dienone is 26. The van der Waals surface area contributed by atoms with Gasteiger partial charge in [0, 0.05) is 12.8 Å². The number of esters is 2. The molecule has 0 amide bonds. The average Bonchev–Trinajstić information content (AvgIpc) is 3.58. The summed E-state index contributed by atoms with van der Waals surface area (Å²) in [6.45, 7) is 4.00. The highest BCUT2D eigenvalue weighted by molar-refractivity contribution is 7.45. The highest BCUT2D eigenvalue weighted by atomic mass is 31.2. The van der Waals surface area contributed by atoms with Crippen LogP contribution in [0.5, 0.6) is 0 Å². The summed E-state index contributed by atoms with van der Waals surface area (Å²) in [5.41, 5.74) is 0. The monoisotopic (exact) mass is 1270 g/mol. The zero-order chi connectivity index (χ0) is 65.5. The van der Waals surface area contributed by atoms with Crippen molar-refractivity contribution in [2.75, 3.05) is 47.5 Å². The Kier molecular flexibility index (Phi) is 65.6. The molecule has 0 saturated heterocycles. The van der Waals surface area contributed by atoms with Crippen LogP contribution in [0, 0.1) is 0 Å². The van der Waals surface area contributed by atoms with Crippen molar-refractivity contribution in [2.45, 2.75) is 290 Å². The molecule has 0 aromatic carbocycles. The Labute approximate surface area is 554 Å². The highest BCUT2D eigenvalue weighted by Gasteiger charge is 2.22. The van der Waals surface area contributed by atoms with E-state index in [9.17, 15) is 19.0 Å². The maximum Gasteiger partial charge on any atom is 0.306 e. The largest absolute Gasteiger partial charge is 0.756 e. The van der Waals surface area contributed by atoms with E-state index in [2.05, 4.69) is 172 Å². The number of hydrogen-bond acceptors (Lipinski definition) is 8. The Balaban J connectivity index is 4.11. The van der Waals surface area contributed by atoms with Crippen molar-refractivity contribution in [3.05, 3.63) is 158 Å². The first kappa shape index (κ1) is 85.6. The number of hydrogen-bond donors (Lipinski definition) is 0. The molecule has 0 N–H and O–H groups in total. The van der Waals surface area contributed by atoms with E-state index in [0.717, 1.165) is 135 Å². The molecule has 2 atom stereocenters. The Hall–Kier alpha value is -4.37. The van der Waals surface area contributed by atoms with Gasteiger partial charge in [-0.15, -0.1) is 0 Å². The zero-order valence-electron chi connectivity index (χ0n) is 58.3. The van der Waals surface area contributed by atoms with Crippen molar-refractivity contribution in [3.8, 4) is 0 Å². The van der Waals surface area contributed by atoms with E-state index < -0.39 is 32.5 Å². The van der Waals surface area contributed by atoms with E-state index in [-0.39, 0.29) is 26.1 Å². The molecule has 0 aliphatic heterocycles. The highest BCUT2D eigenvalue weighted by Crippen LogP contribution is 2.38. The number of likely N-dealkylation sites (N-methyl/N-ethyl adjacent to an activating group) is 1. The Morgan fingerprint density at radius 2 is 0.600 bits per heavy atom. The molecule has 0 aliphatic rings. The molecule has 0 fully saturated rings. The molecule has 0 aromatic heterocycles. The van der Waals surface area contributed by atoms with Gasteiger partial charge in [0.2, 0.25) is 0 Å². The van der Waals surface area contributed by atoms with E-state index in [4.69, 9.17) is 18.5 Å². The summed E-state index contributed by atoms with van der Waals surface area (Å²) in [7, 11) is 1.14. The van der Waals surface area contributed by atoms with Crippen LogP contribution in [0.2, 0.25) is 0 Å². The van der Waals surface area contributed by atoms with Crippen LogP contribution in [0.4, 0.5) is 0 Å². The van der Waals surface area contributed by atoms with Gasteiger partial charge in [-0.1, -0.05) is 307 Å². The number of rotatable bonds is 65. The molecule has 0 radical (unpaired) electrons. The topological polar surface area (TPSA) is 111 Å². The van der Waals surface area contributed by atoms with E-state index in [1.165, 1.54) is 116 Å². The second-order valence-corrected chi connectivity index (χ2v) is 26.2. The van der Waals surface area contributed by atoms with Gasteiger partial charge in [-0.3, -0.25) is 14.2 Å². The minimum Gasteiger partial charge on any atom is -0.756 e. The number of phosphoric acid groups is 1. The quantitative estimate of drug-likeness (QED) is 0.0195. The number of nitrogens with zero attached hydrogens (tertiary/aromatic N) is 1. The molecule has 0 spiro atoms. The molecular formula is C80H134NO8P. The summed E-state index contributed by atoms with van der Waals surface area (Å²) in [6, 6.07) is 0. The molecular weight excluding hydrogens is 1130 g/mol. The first-order valence-electron chi connectivity index (χ1n) is 36.2. The van der Waals surface area contributed by atoms with Gasteiger partial charge in [-0.05, 0) is 122 Å². The Bertz CT molecular complexity index is 2080. The molecule has 90 heavy (non-hydrogen) atoms. The van der Waals surface area contributed by atoms with Crippen LogP contribution in [0.3, 0.4) is 0 Å². The lowest BCUT2D eigenvalue weighted by atomic mass is 10.0. The minimum absolute atomic E-state index is 0.0419. The maximum absolute atomic E-state index is 12.9. The summed E-state index contributed by atoms with van der Waals surface area (Å²) >= 11 is 0. The number of unbranched alkanes of at least 4 members (excludes halogenated alkanes) is 25. The number of carbonyl (C=O) groups excluding carboxylic acids is 2. The molecule has 0 bridgehead atoms. The predicted molar refractivity (Wildman–Crippen MR) is 387 cm³/mol. The number of quaternary nitrogens is 1. The van der Waals surface area contributed by atoms with Gasteiger partial charge in [0.1, 0.15) is 19.8 Å². The Morgan fingerprint density at radius 3 is 0.889 bits per heavy atom. The SMILES string of the molecule is CC/C=C\C/C=C\C/C=C\C/C=C\C/C=C\C/C=C\C/C=C\C/C=C\C/C=C\CCCCCCCC(=O)OC(COC(=O)CCCCCCCCCCCCCCCCCCCCCC/C=C\C/C=C\C/C=C\C/C=C\CC)COP(=O)([O-])OCC[N+](C)(C)C. The van der Waals surface area contributed by atoms with Gasteiger partial charge in [0.05, 0.1) is 27.7 Å². The van der Waals surface area contributed by atoms with E-state index >= 15 is 0 Å². The molecule has 0 saturated carbocycles. The zero-order valence-corrected chi connectivity index (χ0v) is 59.2. The standard InChI is InChI=1S/C80H134NO8P/c1-6-8-10-12-14-16-18-20-22-24-26-28-30-32-34-36-38-40-42-44-46-48-50-52-54-56-58-60-62-64-66-68-70-72-79(82)86-76-78(77-88-90(84,85)87-75-74-81(3,4)5)89-80(83)73-71-69-67-65-63-61-59-57-55-53-51-49-47-45-43-41-39-37-35-33-31-29-27-25-23-21-19-17-15-13-11-9-7-2/h8-11,14-17,20-23,26-29,33,35,39,41,45,47,51,53,57,59,78H,6-7,12-13,18-19,24-25,30-32,34,36-38,40,42-44,46,48-50,52,54-56,58,60-77H2,1-5H3/b10-8-,11-9-,16-14-,17-15-,22-20-,23-21-,28-26-,29-27-,35-33-,41-39-,47-45-,53-51-,59-57-. The van der Waals surface area contributed by atoms with Gasteiger partial charge < -0.3 is 27.9 Å². The number of carbonyl (C=O) groups is 2. The van der Waals surface area contributed by atoms with Gasteiger partial charge in [0.15, 0.2) is 6.10 Å². The molecule has 10 heteroatoms. The summed E-state index contributed by atoms with van der Waals surface area (Å²) in [6.07, 6.45) is 103. The minimum atomic E-state index is -4.66. The molecule has 9 nitrogen and oxygen atoms in total. The smallest absolute Gasteiger partial charge is 0.306 e. The normalized spacial score (nSPS) is 14.1. The van der Waals surface area contributed by atoms with Crippen LogP contribution < -0.4 is 4.89 Å². The summed E-state index contributed by atoms with van der Waals surface area (Å²) < 4.78 is 34.3. The van der Waals surface area contributed by atoms with Crippen molar-refractivity contribution in [3.63, 3.8) is 0 Å². The summed E-state index contributed by atoms with van der Waals surface area (Å²) in [5.74, 6) is -0.857. The van der Waals surface area contributed by atoms with Crippen molar-refractivity contribution >= 4 is 19.8 Å². The molecule has 512 valence electrons. The van der Waals surface area contributed by atoms with Crippen LogP contribution in [0.25, 0.3) is 0 Å². The third kappa shape index (κ3) is 72.7. The van der Waals surface area contributed by atoms with Crippen LogP contribution in [0.1, 0.15) is 284 Å². The predicted octanol–water partition coefficient (Wildman–Crippen LogP) is 23.3. The third-order valence-electron chi connectivity index (χ3n) is 15.0. The van der Waals surface area contributed by atoms with E-state index in [0.29, 0.717) is 17.4 Å². The van der Waals surface area contributed by atoms with Crippen LogP contribution in [-0.2, 0) is 32.7 Å². The Morgan fingerprint density at radius 1 is 0.344 bits per heavy atom. The van der Waals surface area contributed by atoms with Crippen LogP contribution in [0.15, 0.2) is 158 Å². The average molecular weight is 1270 g/mol. The van der Waals surface area contributed by atoms with Crippen molar-refractivity contribution in [1.82, 2.24) is 0 Å².